The van der Waals surface area contributed by atoms with E-state index in [1.807, 2.05) is 23.1 Å². The molecular weight excluding hydrogens is 382 g/mol. The van der Waals surface area contributed by atoms with Crippen LogP contribution >= 0.6 is 22.9 Å². The molecule has 2 aromatic heterocycles. The molecule has 0 radical (unpaired) electrons. The van der Waals surface area contributed by atoms with Crippen LogP contribution in [0.5, 0.6) is 5.75 Å². The van der Waals surface area contributed by atoms with Gasteiger partial charge < -0.3 is 10.1 Å². The van der Waals surface area contributed by atoms with Crippen molar-refractivity contribution in [1.29, 1.82) is 0 Å². The van der Waals surface area contributed by atoms with Crippen LogP contribution in [0, 0.1) is 6.92 Å². The molecule has 0 saturated carbocycles. The van der Waals surface area contributed by atoms with Crippen LogP contribution in [0.15, 0.2) is 47.8 Å². The van der Waals surface area contributed by atoms with Crippen molar-refractivity contribution < 1.29 is 9.53 Å². The number of aromatic nitrogens is 2. The van der Waals surface area contributed by atoms with E-state index in [9.17, 15) is 4.79 Å². The molecule has 0 aliphatic carbocycles. The number of carbonyl (C=O) groups excluding carboxylic acids is 1. The average molecular weight is 404 g/mol. The molecule has 2 heterocycles. The third-order valence-corrected chi connectivity index (χ3v) is 5.24. The molecule has 5 nitrogen and oxygen atoms in total. The molecule has 0 aliphatic rings. The molecule has 0 fully saturated rings. The summed E-state index contributed by atoms with van der Waals surface area (Å²) in [5, 5.41) is 10.2. The van der Waals surface area contributed by atoms with Crippen molar-refractivity contribution in [3.8, 4) is 16.3 Å². The predicted molar refractivity (Wildman–Crippen MR) is 109 cm³/mol. The second-order valence-corrected chi connectivity index (χ2v) is 8.08. The molecule has 142 valence electrons. The Morgan fingerprint density at radius 2 is 2.04 bits per heavy atom. The van der Waals surface area contributed by atoms with Crippen LogP contribution in [0.3, 0.4) is 0 Å². The van der Waals surface area contributed by atoms with Gasteiger partial charge in [0, 0.05) is 17.3 Å². The van der Waals surface area contributed by atoms with Crippen LogP contribution < -0.4 is 10.1 Å². The molecule has 1 amide bonds. The molecule has 0 saturated heterocycles. The zero-order chi connectivity index (χ0) is 19.4. The van der Waals surface area contributed by atoms with Crippen molar-refractivity contribution in [1.82, 2.24) is 15.1 Å². The summed E-state index contributed by atoms with van der Waals surface area (Å²) in [5.74, 6) is 0.420. The van der Waals surface area contributed by atoms with Crippen molar-refractivity contribution in [2.45, 2.75) is 32.9 Å². The fourth-order valence-electron chi connectivity index (χ4n) is 2.61. The van der Waals surface area contributed by atoms with Crippen LogP contribution in [0.25, 0.3) is 10.6 Å². The summed E-state index contributed by atoms with van der Waals surface area (Å²) < 4.78 is 7.71. The number of benzene rings is 1. The molecular formula is C20H22ClN3O2S. The third-order valence-electron chi connectivity index (χ3n) is 4.10. The fraction of sp³-hybridized carbons (Fsp3) is 0.300. The van der Waals surface area contributed by atoms with E-state index >= 15 is 0 Å². The Bertz CT molecular complexity index is 902. The number of nitrogens with zero attached hydrogens (tertiary/aromatic N) is 2. The summed E-state index contributed by atoms with van der Waals surface area (Å²) in [6.45, 7) is 6.56. The first kappa shape index (κ1) is 19.5. The van der Waals surface area contributed by atoms with Gasteiger partial charge in [-0.15, -0.1) is 11.3 Å². The van der Waals surface area contributed by atoms with E-state index in [1.165, 1.54) is 0 Å². The number of ether oxygens (including phenoxy) is 1. The largest absolute Gasteiger partial charge is 0.478 e. The van der Waals surface area contributed by atoms with Crippen LogP contribution in [0.1, 0.15) is 19.5 Å². The topological polar surface area (TPSA) is 56.2 Å². The molecule has 27 heavy (non-hydrogen) atoms. The molecule has 1 N–H and O–H groups in total. The number of rotatable bonds is 7. The SMILES string of the molecule is Cc1cc(-c2cccs2)nn1CCNC(=O)C(C)(C)Oc1ccc(Cl)cc1. The van der Waals surface area contributed by atoms with Gasteiger partial charge in [0.1, 0.15) is 11.4 Å². The highest BCUT2D eigenvalue weighted by Gasteiger charge is 2.29. The highest BCUT2D eigenvalue weighted by atomic mass is 35.5. The van der Waals surface area contributed by atoms with Gasteiger partial charge in [-0.25, -0.2) is 0 Å². The van der Waals surface area contributed by atoms with Crippen molar-refractivity contribution in [2.75, 3.05) is 6.54 Å². The zero-order valence-electron chi connectivity index (χ0n) is 15.5. The molecule has 0 aliphatic heterocycles. The molecule has 3 aromatic rings. The van der Waals surface area contributed by atoms with Crippen LogP contribution in [-0.2, 0) is 11.3 Å². The number of thiophene rings is 1. The normalized spacial score (nSPS) is 11.4. The third kappa shape index (κ3) is 4.90. The molecule has 0 unspecified atom stereocenters. The molecule has 0 atom stereocenters. The number of nitrogens with one attached hydrogen (secondary N) is 1. The first-order valence-electron chi connectivity index (χ1n) is 8.66. The van der Waals surface area contributed by atoms with E-state index in [0.717, 1.165) is 16.3 Å². The molecule has 7 heteroatoms. The number of aryl methyl sites for hydroxylation is 1. The zero-order valence-corrected chi connectivity index (χ0v) is 17.1. The lowest BCUT2D eigenvalue weighted by Gasteiger charge is -2.25. The Balaban J connectivity index is 1.55. The van der Waals surface area contributed by atoms with Gasteiger partial charge in [0.05, 0.1) is 11.4 Å². The Kier molecular flexibility index (Phi) is 5.87. The number of halogens is 1. The highest BCUT2D eigenvalue weighted by Crippen LogP contribution is 2.24. The maximum atomic E-state index is 12.5. The van der Waals surface area contributed by atoms with E-state index in [4.69, 9.17) is 16.3 Å². The van der Waals surface area contributed by atoms with E-state index in [2.05, 4.69) is 22.5 Å². The summed E-state index contributed by atoms with van der Waals surface area (Å²) in [5.41, 5.74) is 1.03. The standard InChI is InChI=1S/C20H22ClN3O2S/c1-14-13-17(18-5-4-12-27-18)23-24(14)11-10-22-19(25)20(2,3)26-16-8-6-15(21)7-9-16/h4-9,12-13H,10-11H2,1-3H3,(H,22,25). The molecule has 3 rings (SSSR count). The van der Waals surface area contributed by atoms with Gasteiger partial charge in [-0.05, 0) is 62.5 Å². The maximum absolute atomic E-state index is 12.5. The number of hydrogen-bond acceptors (Lipinski definition) is 4. The molecule has 0 bridgehead atoms. The number of carbonyl (C=O) groups is 1. The second-order valence-electron chi connectivity index (χ2n) is 6.69. The van der Waals surface area contributed by atoms with E-state index in [-0.39, 0.29) is 5.91 Å². The van der Waals surface area contributed by atoms with Crippen LogP contribution in [0.2, 0.25) is 5.02 Å². The lowest BCUT2D eigenvalue weighted by molar-refractivity contribution is -0.134. The molecule has 1 aromatic carbocycles. The smallest absolute Gasteiger partial charge is 0.263 e. The quantitative estimate of drug-likeness (QED) is 0.629. The van der Waals surface area contributed by atoms with Crippen molar-refractivity contribution in [3.63, 3.8) is 0 Å². The van der Waals surface area contributed by atoms with E-state index < -0.39 is 5.60 Å². The summed E-state index contributed by atoms with van der Waals surface area (Å²) in [7, 11) is 0. The van der Waals surface area contributed by atoms with Gasteiger partial charge in [-0.3, -0.25) is 9.48 Å². The minimum Gasteiger partial charge on any atom is -0.478 e. The van der Waals surface area contributed by atoms with Gasteiger partial charge in [0.15, 0.2) is 5.60 Å². The lowest BCUT2D eigenvalue weighted by Crippen LogP contribution is -2.47. The Morgan fingerprint density at radius 1 is 1.30 bits per heavy atom. The minimum absolute atomic E-state index is 0.180. The number of hydrogen-bond donors (Lipinski definition) is 1. The first-order chi connectivity index (χ1) is 12.8. The van der Waals surface area contributed by atoms with E-state index in [1.54, 1.807) is 49.4 Å². The van der Waals surface area contributed by atoms with Gasteiger partial charge in [-0.2, -0.15) is 5.10 Å². The summed E-state index contributed by atoms with van der Waals surface area (Å²) in [6, 6.07) is 13.1. The Morgan fingerprint density at radius 3 is 2.70 bits per heavy atom. The maximum Gasteiger partial charge on any atom is 0.263 e. The Labute approximate surface area is 167 Å². The van der Waals surface area contributed by atoms with E-state index in [0.29, 0.717) is 23.9 Å². The first-order valence-corrected chi connectivity index (χ1v) is 9.92. The van der Waals surface area contributed by atoms with Gasteiger partial charge in [-0.1, -0.05) is 17.7 Å². The fourth-order valence-corrected chi connectivity index (χ4v) is 3.42. The van der Waals surface area contributed by atoms with Crippen molar-refractivity contribution >= 4 is 28.8 Å². The number of amides is 1. The molecule has 0 spiro atoms. The summed E-state index contributed by atoms with van der Waals surface area (Å²) >= 11 is 7.54. The summed E-state index contributed by atoms with van der Waals surface area (Å²) in [6.07, 6.45) is 0. The second kappa shape index (κ2) is 8.15. The van der Waals surface area contributed by atoms with Gasteiger partial charge in [0.25, 0.3) is 5.91 Å². The monoisotopic (exact) mass is 403 g/mol. The van der Waals surface area contributed by atoms with Crippen molar-refractivity contribution in [3.05, 3.63) is 58.6 Å². The minimum atomic E-state index is -0.991. The van der Waals surface area contributed by atoms with Gasteiger partial charge >= 0.3 is 0 Å². The predicted octanol–water partition coefficient (Wildman–Crippen LogP) is 4.55. The average Bonchev–Trinajstić information content (AvgIpc) is 3.27. The van der Waals surface area contributed by atoms with Gasteiger partial charge in [0.2, 0.25) is 0 Å². The van der Waals surface area contributed by atoms with Crippen LogP contribution in [-0.4, -0.2) is 27.8 Å². The lowest BCUT2D eigenvalue weighted by atomic mass is 10.1. The Hall–Kier alpha value is -2.31. The summed E-state index contributed by atoms with van der Waals surface area (Å²) in [4.78, 5) is 13.7. The van der Waals surface area contributed by atoms with Crippen molar-refractivity contribution in [2.24, 2.45) is 0 Å². The van der Waals surface area contributed by atoms with Crippen LogP contribution in [0.4, 0.5) is 0 Å². The highest BCUT2D eigenvalue weighted by molar-refractivity contribution is 7.13.